The number of nitrogens with zero attached hydrogens (tertiary/aromatic N) is 6. The van der Waals surface area contributed by atoms with Crippen molar-refractivity contribution < 1.29 is 9.59 Å². The Kier molecular flexibility index (Phi) is 8.40. The highest BCUT2D eigenvalue weighted by molar-refractivity contribution is 8.76. The molecule has 2 aromatic heterocycles. The number of hydrogen-bond acceptors (Lipinski definition) is 8. The molecule has 0 spiro atoms. The Morgan fingerprint density at radius 1 is 0.690 bits per heavy atom. The van der Waals surface area contributed by atoms with E-state index in [0.29, 0.717) is 23.2 Å². The predicted molar refractivity (Wildman–Crippen MR) is 171 cm³/mol. The number of para-hydroxylation sites is 2. The number of likely N-dealkylation sites (N-methyl/N-ethyl adjacent to an activating group) is 2. The minimum absolute atomic E-state index is 0.0620. The molecule has 2 aliphatic rings. The van der Waals surface area contributed by atoms with Crippen molar-refractivity contribution in [1.29, 1.82) is 0 Å². The average molecular weight is 601 g/mol. The SMILES string of the molecule is CN(C)C1CCN(C(=O)c2ccnc3c(SSc4cccc5c(C(=O)N6CCC(N(C)C)C6)ccnc45)cccc23)C1. The summed E-state index contributed by atoms with van der Waals surface area (Å²) in [7, 11) is 11.5. The molecule has 2 unspecified atom stereocenters. The van der Waals surface area contributed by atoms with Gasteiger partial charge in [0.25, 0.3) is 11.8 Å². The number of amides is 2. The van der Waals surface area contributed by atoms with Crippen molar-refractivity contribution in [1.82, 2.24) is 29.6 Å². The molecule has 2 amide bonds. The van der Waals surface area contributed by atoms with E-state index in [4.69, 9.17) is 0 Å². The van der Waals surface area contributed by atoms with Gasteiger partial charge in [-0.15, -0.1) is 0 Å². The molecule has 0 bridgehead atoms. The van der Waals surface area contributed by atoms with Gasteiger partial charge in [-0.3, -0.25) is 19.6 Å². The maximum Gasteiger partial charge on any atom is 0.254 e. The van der Waals surface area contributed by atoms with Gasteiger partial charge in [0, 0.05) is 71.2 Å². The van der Waals surface area contributed by atoms with E-state index in [0.717, 1.165) is 70.6 Å². The van der Waals surface area contributed by atoms with Gasteiger partial charge in [-0.05, 0) is 65.3 Å². The molecule has 4 aromatic rings. The van der Waals surface area contributed by atoms with Crippen LogP contribution >= 0.6 is 21.6 Å². The van der Waals surface area contributed by atoms with Gasteiger partial charge in [-0.1, -0.05) is 45.9 Å². The summed E-state index contributed by atoms with van der Waals surface area (Å²) in [5, 5.41) is 1.74. The normalized spacial score (nSPS) is 19.1. The molecular formula is C32H36N6O2S2. The standard InChI is InChI=1S/C32H36N6O2S2/c1-35(2)21-13-17-37(19-21)31(39)25-11-15-33-29-23(25)7-5-9-27(29)41-42-28-10-6-8-24-26(12-16-34-30(24)28)32(40)38-18-14-22(20-38)36(3)4/h5-12,15-16,21-22H,13-14,17-20H2,1-4H3. The van der Waals surface area contributed by atoms with E-state index in [1.807, 2.05) is 58.3 Å². The summed E-state index contributed by atoms with van der Waals surface area (Å²) < 4.78 is 0. The molecule has 2 aliphatic heterocycles. The minimum Gasteiger partial charge on any atom is -0.337 e. The zero-order valence-electron chi connectivity index (χ0n) is 24.5. The average Bonchev–Trinajstić information content (AvgIpc) is 3.70. The second kappa shape index (κ2) is 12.2. The molecule has 4 heterocycles. The molecular weight excluding hydrogens is 565 g/mol. The number of carbonyl (C=O) groups is 2. The summed E-state index contributed by atoms with van der Waals surface area (Å²) in [5.74, 6) is 0.124. The topological polar surface area (TPSA) is 72.9 Å². The maximum absolute atomic E-state index is 13.5. The first kappa shape index (κ1) is 28.9. The second-order valence-corrected chi connectivity index (χ2v) is 13.7. The molecule has 6 rings (SSSR count). The molecule has 2 atom stereocenters. The van der Waals surface area contributed by atoms with Gasteiger partial charge in [0.05, 0.1) is 22.2 Å². The second-order valence-electron chi connectivity index (χ2n) is 11.5. The number of hydrogen-bond donors (Lipinski definition) is 0. The lowest BCUT2D eigenvalue weighted by Gasteiger charge is -2.21. The van der Waals surface area contributed by atoms with Crippen LogP contribution in [0.1, 0.15) is 33.6 Å². The van der Waals surface area contributed by atoms with E-state index >= 15 is 0 Å². The smallest absolute Gasteiger partial charge is 0.254 e. The first-order chi connectivity index (χ1) is 20.3. The molecule has 218 valence electrons. The summed E-state index contributed by atoms with van der Waals surface area (Å²) in [6.07, 6.45) is 5.45. The molecule has 2 saturated heterocycles. The summed E-state index contributed by atoms with van der Waals surface area (Å²) in [5.41, 5.74) is 3.02. The van der Waals surface area contributed by atoms with Crippen LogP contribution in [0, 0.1) is 0 Å². The number of rotatable bonds is 7. The van der Waals surface area contributed by atoms with Crippen LogP contribution in [0.5, 0.6) is 0 Å². The van der Waals surface area contributed by atoms with E-state index in [1.54, 1.807) is 34.0 Å². The maximum atomic E-state index is 13.5. The molecule has 0 radical (unpaired) electrons. The van der Waals surface area contributed by atoms with E-state index in [2.05, 4.69) is 48.0 Å². The largest absolute Gasteiger partial charge is 0.337 e. The van der Waals surface area contributed by atoms with Gasteiger partial charge in [0.15, 0.2) is 0 Å². The third-order valence-electron chi connectivity index (χ3n) is 8.51. The fraction of sp³-hybridized carbons (Fsp3) is 0.375. The Labute approximate surface area is 254 Å². The predicted octanol–water partition coefficient (Wildman–Crippen LogP) is 5.13. The zero-order valence-corrected chi connectivity index (χ0v) is 26.1. The summed E-state index contributed by atoms with van der Waals surface area (Å²) in [6.45, 7) is 3.02. The highest BCUT2D eigenvalue weighted by Crippen LogP contribution is 2.43. The lowest BCUT2D eigenvalue weighted by atomic mass is 10.1. The van der Waals surface area contributed by atoms with Gasteiger partial charge in [0.1, 0.15) is 0 Å². The molecule has 2 fully saturated rings. The molecule has 2 aromatic carbocycles. The van der Waals surface area contributed by atoms with Crippen molar-refractivity contribution in [3.8, 4) is 0 Å². The van der Waals surface area contributed by atoms with Crippen LogP contribution in [-0.2, 0) is 0 Å². The number of carbonyl (C=O) groups excluding carboxylic acids is 2. The van der Waals surface area contributed by atoms with Crippen LogP contribution in [0.15, 0.2) is 70.7 Å². The summed E-state index contributed by atoms with van der Waals surface area (Å²) in [6, 6.07) is 16.5. The molecule has 10 heteroatoms. The molecule has 0 N–H and O–H groups in total. The number of fused-ring (bicyclic) bond motifs is 2. The molecule has 42 heavy (non-hydrogen) atoms. The molecule has 0 saturated carbocycles. The van der Waals surface area contributed by atoms with Gasteiger partial charge in [0.2, 0.25) is 0 Å². The number of aromatic nitrogens is 2. The fourth-order valence-electron chi connectivity index (χ4n) is 5.93. The van der Waals surface area contributed by atoms with Crippen molar-refractivity contribution in [3.63, 3.8) is 0 Å². The van der Waals surface area contributed by atoms with Crippen LogP contribution in [0.2, 0.25) is 0 Å². The number of likely N-dealkylation sites (tertiary alicyclic amines) is 2. The van der Waals surface area contributed by atoms with Crippen molar-refractivity contribution in [2.75, 3.05) is 54.4 Å². The van der Waals surface area contributed by atoms with Crippen LogP contribution < -0.4 is 0 Å². The Balaban J connectivity index is 1.24. The highest BCUT2D eigenvalue weighted by atomic mass is 33.1. The Bertz CT molecular complexity index is 1520. The quantitative estimate of drug-likeness (QED) is 0.270. The third-order valence-corrected chi connectivity index (χ3v) is 10.9. The zero-order chi connectivity index (χ0) is 29.4. The van der Waals surface area contributed by atoms with E-state index in [-0.39, 0.29) is 11.8 Å². The number of pyridine rings is 2. The monoisotopic (exact) mass is 600 g/mol. The van der Waals surface area contributed by atoms with E-state index < -0.39 is 0 Å². The van der Waals surface area contributed by atoms with Crippen molar-refractivity contribution in [2.45, 2.75) is 34.7 Å². The van der Waals surface area contributed by atoms with Gasteiger partial charge in [-0.2, -0.15) is 0 Å². The van der Waals surface area contributed by atoms with Crippen LogP contribution in [0.3, 0.4) is 0 Å². The Morgan fingerprint density at radius 2 is 1.12 bits per heavy atom. The summed E-state index contributed by atoms with van der Waals surface area (Å²) >= 11 is 0. The first-order valence-corrected chi connectivity index (χ1v) is 16.5. The first-order valence-electron chi connectivity index (χ1n) is 14.3. The van der Waals surface area contributed by atoms with E-state index in [1.165, 1.54) is 0 Å². The van der Waals surface area contributed by atoms with Crippen molar-refractivity contribution >= 4 is 55.2 Å². The van der Waals surface area contributed by atoms with Crippen molar-refractivity contribution in [3.05, 3.63) is 72.1 Å². The van der Waals surface area contributed by atoms with Crippen LogP contribution in [0.4, 0.5) is 0 Å². The lowest BCUT2D eigenvalue weighted by Crippen LogP contribution is -2.34. The van der Waals surface area contributed by atoms with Gasteiger partial charge < -0.3 is 19.6 Å². The lowest BCUT2D eigenvalue weighted by molar-refractivity contribution is 0.0777. The Hall–Kier alpha value is -3.18. The molecule has 0 aliphatic carbocycles. The van der Waals surface area contributed by atoms with Crippen LogP contribution in [0.25, 0.3) is 21.8 Å². The van der Waals surface area contributed by atoms with Crippen LogP contribution in [-0.4, -0.2) is 108 Å². The third kappa shape index (κ3) is 5.60. The van der Waals surface area contributed by atoms with Crippen molar-refractivity contribution in [2.24, 2.45) is 0 Å². The number of benzene rings is 2. The van der Waals surface area contributed by atoms with Gasteiger partial charge in [-0.25, -0.2) is 0 Å². The minimum atomic E-state index is 0.0620. The molecule has 8 nitrogen and oxygen atoms in total. The fourth-order valence-corrected chi connectivity index (χ4v) is 8.21. The van der Waals surface area contributed by atoms with E-state index in [9.17, 15) is 9.59 Å². The van der Waals surface area contributed by atoms with Gasteiger partial charge >= 0.3 is 0 Å². The summed E-state index contributed by atoms with van der Waals surface area (Å²) in [4.78, 5) is 46.7. The Morgan fingerprint density at radius 3 is 1.50 bits per heavy atom. The highest BCUT2D eigenvalue weighted by Gasteiger charge is 2.30.